The number of amides is 1. The molecule has 1 atom stereocenters. The molecule has 1 unspecified atom stereocenters. The highest BCUT2D eigenvalue weighted by Crippen LogP contribution is 2.19. The van der Waals surface area contributed by atoms with E-state index in [-0.39, 0.29) is 5.91 Å². The highest BCUT2D eigenvalue weighted by atomic mass is 16.2. The van der Waals surface area contributed by atoms with Crippen molar-refractivity contribution in [3.63, 3.8) is 0 Å². The van der Waals surface area contributed by atoms with E-state index in [2.05, 4.69) is 40.7 Å². The van der Waals surface area contributed by atoms with E-state index in [0.29, 0.717) is 17.7 Å². The Balaban J connectivity index is 1.54. The van der Waals surface area contributed by atoms with Gasteiger partial charge < -0.3 is 9.80 Å². The van der Waals surface area contributed by atoms with Crippen molar-refractivity contribution in [1.29, 1.82) is 0 Å². The zero-order chi connectivity index (χ0) is 17.8. The molecule has 3 rings (SSSR count). The van der Waals surface area contributed by atoms with E-state index in [0.717, 1.165) is 44.8 Å². The van der Waals surface area contributed by atoms with E-state index in [9.17, 15) is 4.79 Å². The van der Waals surface area contributed by atoms with Crippen LogP contribution in [0.3, 0.4) is 0 Å². The maximum atomic E-state index is 12.6. The first-order valence-electron chi connectivity index (χ1n) is 9.55. The van der Waals surface area contributed by atoms with Gasteiger partial charge in [0, 0.05) is 45.0 Å². The van der Waals surface area contributed by atoms with E-state index in [1.54, 1.807) is 12.4 Å². The standard InChI is InChI=1S/C19H31N5O/c1-15(2)23-7-9-24(10-8-23)19(25)18-13-20-17(12-21-18)11-16-5-4-6-22(3)14-16/h12-13,15-16H,4-11,14H2,1-3H3. The Morgan fingerprint density at radius 1 is 1.16 bits per heavy atom. The number of hydrogen-bond donors (Lipinski definition) is 0. The molecule has 2 aliphatic rings. The Labute approximate surface area is 151 Å². The lowest BCUT2D eigenvalue weighted by atomic mass is 9.94. The van der Waals surface area contributed by atoms with E-state index in [4.69, 9.17) is 0 Å². The van der Waals surface area contributed by atoms with Crippen molar-refractivity contribution in [1.82, 2.24) is 24.7 Å². The molecule has 2 aliphatic heterocycles. The van der Waals surface area contributed by atoms with Crippen molar-refractivity contribution in [2.75, 3.05) is 46.3 Å². The number of carbonyl (C=O) groups is 1. The summed E-state index contributed by atoms with van der Waals surface area (Å²) in [6.45, 7) is 10.1. The molecule has 6 heteroatoms. The number of likely N-dealkylation sites (tertiary alicyclic amines) is 1. The Morgan fingerprint density at radius 2 is 1.92 bits per heavy atom. The fraction of sp³-hybridized carbons (Fsp3) is 0.737. The summed E-state index contributed by atoms with van der Waals surface area (Å²) >= 11 is 0. The smallest absolute Gasteiger partial charge is 0.274 e. The minimum Gasteiger partial charge on any atom is -0.335 e. The van der Waals surface area contributed by atoms with Crippen LogP contribution in [-0.4, -0.2) is 82.9 Å². The summed E-state index contributed by atoms with van der Waals surface area (Å²) in [4.78, 5) is 28.2. The summed E-state index contributed by atoms with van der Waals surface area (Å²) in [5.41, 5.74) is 1.48. The first kappa shape index (κ1) is 18.3. The van der Waals surface area contributed by atoms with Gasteiger partial charge in [-0.2, -0.15) is 0 Å². The fourth-order valence-corrected chi connectivity index (χ4v) is 3.91. The lowest BCUT2D eigenvalue weighted by molar-refractivity contribution is 0.0589. The predicted octanol–water partition coefficient (Wildman–Crippen LogP) is 1.53. The molecular formula is C19H31N5O. The molecule has 1 aromatic rings. The van der Waals surface area contributed by atoms with Crippen LogP contribution >= 0.6 is 0 Å². The maximum absolute atomic E-state index is 12.6. The zero-order valence-electron chi connectivity index (χ0n) is 15.8. The van der Waals surface area contributed by atoms with Gasteiger partial charge in [0.1, 0.15) is 5.69 Å². The van der Waals surface area contributed by atoms with Crippen LogP contribution in [-0.2, 0) is 6.42 Å². The largest absolute Gasteiger partial charge is 0.335 e. The molecule has 6 nitrogen and oxygen atoms in total. The van der Waals surface area contributed by atoms with Gasteiger partial charge in [0.05, 0.1) is 11.9 Å². The SMILES string of the molecule is CC(C)N1CCN(C(=O)c2cnc(CC3CCCN(C)C3)cn2)CC1. The molecule has 1 amide bonds. The van der Waals surface area contributed by atoms with Crippen LogP contribution in [0.2, 0.25) is 0 Å². The minimum absolute atomic E-state index is 0.0138. The molecule has 0 spiro atoms. The molecule has 25 heavy (non-hydrogen) atoms. The van der Waals surface area contributed by atoms with Gasteiger partial charge in [-0.1, -0.05) is 0 Å². The van der Waals surface area contributed by atoms with Crippen molar-refractivity contribution in [3.05, 3.63) is 23.8 Å². The van der Waals surface area contributed by atoms with Crippen LogP contribution in [0.15, 0.2) is 12.4 Å². The first-order valence-corrected chi connectivity index (χ1v) is 9.55. The molecule has 0 aromatic carbocycles. The average Bonchev–Trinajstić information content (AvgIpc) is 2.62. The first-order chi connectivity index (χ1) is 12.0. The number of piperidine rings is 1. The van der Waals surface area contributed by atoms with Gasteiger partial charge >= 0.3 is 0 Å². The van der Waals surface area contributed by atoms with Crippen molar-refractivity contribution in [3.8, 4) is 0 Å². The molecular weight excluding hydrogens is 314 g/mol. The van der Waals surface area contributed by atoms with Crippen molar-refractivity contribution < 1.29 is 4.79 Å². The number of piperazine rings is 1. The summed E-state index contributed by atoms with van der Waals surface area (Å²) in [6.07, 6.45) is 6.93. The van der Waals surface area contributed by atoms with E-state index < -0.39 is 0 Å². The summed E-state index contributed by atoms with van der Waals surface area (Å²) in [5.74, 6) is 0.665. The minimum atomic E-state index is 0.0138. The third-order valence-corrected chi connectivity index (χ3v) is 5.48. The van der Waals surface area contributed by atoms with E-state index >= 15 is 0 Å². The third-order valence-electron chi connectivity index (χ3n) is 5.48. The van der Waals surface area contributed by atoms with Crippen LogP contribution in [0.25, 0.3) is 0 Å². The summed E-state index contributed by atoms with van der Waals surface area (Å²) in [6, 6.07) is 0.537. The second kappa shape index (κ2) is 8.23. The Morgan fingerprint density at radius 3 is 2.52 bits per heavy atom. The number of aromatic nitrogens is 2. The lowest BCUT2D eigenvalue weighted by Crippen LogP contribution is -2.50. The van der Waals surface area contributed by atoms with Crippen LogP contribution in [0, 0.1) is 5.92 Å². The highest BCUT2D eigenvalue weighted by Gasteiger charge is 2.24. The van der Waals surface area contributed by atoms with Crippen LogP contribution in [0.1, 0.15) is 42.9 Å². The van der Waals surface area contributed by atoms with Crippen LogP contribution < -0.4 is 0 Å². The van der Waals surface area contributed by atoms with Gasteiger partial charge in [0.2, 0.25) is 0 Å². The highest BCUT2D eigenvalue weighted by molar-refractivity contribution is 5.92. The number of rotatable bonds is 4. The molecule has 138 valence electrons. The van der Waals surface area contributed by atoms with Crippen LogP contribution in [0.5, 0.6) is 0 Å². The molecule has 0 radical (unpaired) electrons. The Bertz CT molecular complexity index is 566. The van der Waals surface area contributed by atoms with E-state index in [1.807, 2.05) is 4.90 Å². The van der Waals surface area contributed by atoms with Crippen molar-refractivity contribution >= 4 is 5.91 Å². The van der Waals surface area contributed by atoms with Crippen molar-refractivity contribution in [2.24, 2.45) is 5.92 Å². The summed E-state index contributed by atoms with van der Waals surface area (Å²) in [5, 5.41) is 0. The fourth-order valence-electron chi connectivity index (χ4n) is 3.91. The number of hydrogen-bond acceptors (Lipinski definition) is 5. The molecule has 0 saturated carbocycles. The maximum Gasteiger partial charge on any atom is 0.274 e. The molecule has 3 heterocycles. The monoisotopic (exact) mass is 345 g/mol. The van der Waals surface area contributed by atoms with Gasteiger partial charge in [0.25, 0.3) is 5.91 Å². The Kier molecular flexibility index (Phi) is 6.02. The summed E-state index contributed by atoms with van der Waals surface area (Å²) < 4.78 is 0. The van der Waals surface area contributed by atoms with Gasteiger partial charge in [0.15, 0.2) is 0 Å². The van der Waals surface area contributed by atoms with Gasteiger partial charge in [-0.3, -0.25) is 14.7 Å². The predicted molar refractivity (Wildman–Crippen MR) is 98.6 cm³/mol. The van der Waals surface area contributed by atoms with Gasteiger partial charge in [-0.15, -0.1) is 0 Å². The topological polar surface area (TPSA) is 52.6 Å². The van der Waals surface area contributed by atoms with E-state index in [1.165, 1.54) is 19.4 Å². The molecule has 0 N–H and O–H groups in total. The number of nitrogens with zero attached hydrogens (tertiary/aromatic N) is 5. The number of carbonyl (C=O) groups excluding carboxylic acids is 1. The Hall–Kier alpha value is -1.53. The van der Waals surface area contributed by atoms with Crippen LogP contribution in [0.4, 0.5) is 0 Å². The molecule has 0 bridgehead atoms. The van der Waals surface area contributed by atoms with Gasteiger partial charge in [-0.05, 0) is 52.6 Å². The zero-order valence-corrected chi connectivity index (χ0v) is 15.8. The van der Waals surface area contributed by atoms with Crippen molar-refractivity contribution in [2.45, 2.75) is 39.2 Å². The molecule has 1 aromatic heterocycles. The molecule has 2 fully saturated rings. The van der Waals surface area contributed by atoms with Gasteiger partial charge in [-0.25, -0.2) is 4.98 Å². The second-order valence-corrected chi connectivity index (χ2v) is 7.79. The quantitative estimate of drug-likeness (QED) is 0.828. The summed E-state index contributed by atoms with van der Waals surface area (Å²) in [7, 11) is 2.18. The average molecular weight is 345 g/mol. The second-order valence-electron chi connectivity index (χ2n) is 7.79. The molecule has 2 saturated heterocycles. The lowest BCUT2D eigenvalue weighted by Gasteiger charge is -2.36. The normalized spacial score (nSPS) is 23.2. The molecule has 0 aliphatic carbocycles. The third kappa shape index (κ3) is 4.76.